The van der Waals surface area contributed by atoms with E-state index in [0.717, 1.165) is 5.56 Å². The summed E-state index contributed by atoms with van der Waals surface area (Å²) in [6, 6.07) is 11.2. The fourth-order valence-corrected chi connectivity index (χ4v) is 2.55. The summed E-state index contributed by atoms with van der Waals surface area (Å²) in [5, 5.41) is 17.7. The van der Waals surface area contributed by atoms with E-state index in [0.29, 0.717) is 16.4 Å². The Morgan fingerprint density at radius 1 is 1.10 bits per heavy atom. The third kappa shape index (κ3) is 5.58. The van der Waals surface area contributed by atoms with Crippen molar-refractivity contribution in [2.45, 2.75) is 13.5 Å². The second-order valence-electron chi connectivity index (χ2n) is 6.22. The van der Waals surface area contributed by atoms with Gasteiger partial charge >= 0.3 is 0 Å². The largest absolute Gasteiger partial charge is 0.353 e. The van der Waals surface area contributed by atoms with E-state index in [1.54, 1.807) is 37.3 Å². The molecule has 2 aromatic carbocycles. The van der Waals surface area contributed by atoms with Crippen LogP contribution in [0.4, 0.5) is 4.39 Å². The Morgan fingerprint density at radius 2 is 1.83 bits per heavy atom. The molecule has 0 aliphatic carbocycles. The van der Waals surface area contributed by atoms with Crippen molar-refractivity contribution in [3.8, 4) is 11.4 Å². The van der Waals surface area contributed by atoms with Gasteiger partial charge in [-0.25, -0.2) is 4.39 Å². The van der Waals surface area contributed by atoms with Crippen LogP contribution in [0, 0.1) is 12.7 Å². The molecule has 2 N–H and O–H groups in total. The van der Waals surface area contributed by atoms with Gasteiger partial charge in [-0.1, -0.05) is 17.7 Å². The number of hydrogen-bond acceptors (Lipinski definition) is 5. The third-order valence-corrected chi connectivity index (χ3v) is 4.26. The fourth-order valence-electron chi connectivity index (χ4n) is 2.42. The number of nitrogens with one attached hydrogen (secondary N) is 2. The quantitative estimate of drug-likeness (QED) is 0.573. The SMILES string of the molecule is Cc1ccc(C(=O)NCCNC(=O)Cn2nnc(-c3ccc(Cl)cc3)n2)cc1F. The first-order chi connectivity index (χ1) is 13.9. The molecule has 0 atom stereocenters. The summed E-state index contributed by atoms with van der Waals surface area (Å²) >= 11 is 5.84. The lowest BCUT2D eigenvalue weighted by molar-refractivity contribution is -0.122. The molecule has 29 heavy (non-hydrogen) atoms. The molecule has 0 aliphatic heterocycles. The predicted octanol–water partition coefficient (Wildman–Crippen LogP) is 1.99. The summed E-state index contributed by atoms with van der Waals surface area (Å²) in [5.41, 5.74) is 1.42. The minimum atomic E-state index is -0.441. The van der Waals surface area contributed by atoms with E-state index in [1.165, 1.54) is 16.9 Å². The van der Waals surface area contributed by atoms with Gasteiger partial charge in [0.2, 0.25) is 11.7 Å². The van der Waals surface area contributed by atoms with E-state index in [1.807, 2.05) is 0 Å². The van der Waals surface area contributed by atoms with Gasteiger partial charge in [-0.05, 0) is 54.1 Å². The van der Waals surface area contributed by atoms with Gasteiger partial charge in [0.25, 0.3) is 5.91 Å². The van der Waals surface area contributed by atoms with Crippen LogP contribution >= 0.6 is 11.6 Å². The summed E-state index contributed by atoms with van der Waals surface area (Å²) in [7, 11) is 0. The van der Waals surface area contributed by atoms with Crippen LogP contribution in [0.3, 0.4) is 0 Å². The van der Waals surface area contributed by atoms with Gasteiger partial charge < -0.3 is 10.6 Å². The van der Waals surface area contributed by atoms with E-state index < -0.39 is 11.7 Å². The molecule has 150 valence electrons. The standard InChI is InChI=1S/C19H18ClFN6O2/c1-12-2-3-14(10-16(12)21)19(29)23-9-8-22-17(28)11-27-25-18(24-26-27)13-4-6-15(20)7-5-13/h2-7,10H,8-9,11H2,1H3,(H,22,28)(H,23,29). The highest BCUT2D eigenvalue weighted by Crippen LogP contribution is 2.16. The molecule has 2 amide bonds. The number of halogens is 2. The van der Waals surface area contributed by atoms with Crippen LogP contribution in [0.2, 0.25) is 5.02 Å². The Hall–Kier alpha value is -3.33. The van der Waals surface area contributed by atoms with Gasteiger partial charge in [0.1, 0.15) is 12.4 Å². The fraction of sp³-hybridized carbons (Fsp3) is 0.211. The summed E-state index contributed by atoms with van der Waals surface area (Å²) in [5.74, 6) is -0.805. The molecule has 0 bridgehead atoms. The average molecular weight is 417 g/mol. The number of carbonyl (C=O) groups excluding carboxylic acids is 2. The zero-order valence-electron chi connectivity index (χ0n) is 15.5. The first-order valence-electron chi connectivity index (χ1n) is 8.77. The Morgan fingerprint density at radius 3 is 2.55 bits per heavy atom. The molecule has 0 fully saturated rings. The third-order valence-electron chi connectivity index (χ3n) is 4.01. The summed E-state index contributed by atoms with van der Waals surface area (Å²) in [6.45, 7) is 1.91. The second-order valence-corrected chi connectivity index (χ2v) is 6.66. The smallest absolute Gasteiger partial charge is 0.251 e. The molecule has 1 aromatic heterocycles. The van der Waals surface area contributed by atoms with E-state index >= 15 is 0 Å². The Labute approximate surface area is 171 Å². The molecule has 3 rings (SSSR count). The van der Waals surface area contributed by atoms with Gasteiger partial charge in [-0.3, -0.25) is 9.59 Å². The van der Waals surface area contributed by atoms with E-state index in [9.17, 15) is 14.0 Å². The zero-order valence-corrected chi connectivity index (χ0v) is 16.3. The van der Waals surface area contributed by atoms with Gasteiger partial charge in [-0.15, -0.1) is 10.2 Å². The van der Waals surface area contributed by atoms with Crippen molar-refractivity contribution in [3.63, 3.8) is 0 Å². The first kappa shape index (κ1) is 20.4. The minimum absolute atomic E-state index is 0.113. The highest BCUT2D eigenvalue weighted by molar-refractivity contribution is 6.30. The number of amides is 2. The van der Waals surface area contributed by atoms with E-state index in [-0.39, 0.29) is 31.1 Å². The molecular weight excluding hydrogens is 399 g/mol. The summed E-state index contributed by atoms with van der Waals surface area (Å²) in [4.78, 5) is 25.1. The van der Waals surface area contributed by atoms with Gasteiger partial charge in [0, 0.05) is 29.2 Å². The van der Waals surface area contributed by atoms with Gasteiger partial charge in [0.15, 0.2) is 0 Å². The van der Waals surface area contributed by atoms with E-state index in [4.69, 9.17) is 11.6 Å². The Balaban J connectivity index is 1.42. The molecule has 10 heteroatoms. The topological polar surface area (TPSA) is 102 Å². The number of hydrogen-bond donors (Lipinski definition) is 2. The maximum atomic E-state index is 13.5. The molecule has 0 spiro atoms. The van der Waals surface area contributed by atoms with Crippen molar-refractivity contribution in [2.24, 2.45) is 0 Å². The van der Waals surface area contributed by atoms with Crippen LogP contribution < -0.4 is 10.6 Å². The van der Waals surface area contributed by atoms with Gasteiger partial charge in [0.05, 0.1) is 0 Å². The molecule has 3 aromatic rings. The number of carbonyl (C=O) groups is 2. The van der Waals surface area contributed by atoms with Crippen LogP contribution in [0.15, 0.2) is 42.5 Å². The van der Waals surface area contributed by atoms with Crippen molar-refractivity contribution in [1.82, 2.24) is 30.8 Å². The highest BCUT2D eigenvalue weighted by atomic mass is 35.5. The molecule has 0 unspecified atom stereocenters. The van der Waals surface area contributed by atoms with Crippen LogP contribution in [0.1, 0.15) is 15.9 Å². The lowest BCUT2D eigenvalue weighted by Crippen LogP contribution is -2.36. The maximum Gasteiger partial charge on any atom is 0.251 e. The minimum Gasteiger partial charge on any atom is -0.353 e. The number of aryl methyl sites for hydroxylation is 1. The molecule has 0 aliphatic rings. The molecule has 0 radical (unpaired) electrons. The Bertz CT molecular complexity index is 1020. The number of benzene rings is 2. The van der Waals surface area contributed by atoms with E-state index in [2.05, 4.69) is 26.0 Å². The predicted molar refractivity (Wildman–Crippen MR) is 105 cm³/mol. The number of tetrazole rings is 1. The van der Waals surface area contributed by atoms with Crippen LogP contribution in [-0.4, -0.2) is 45.1 Å². The van der Waals surface area contributed by atoms with Crippen molar-refractivity contribution >= 4 is 23.4 Å². The number of aromatic nitrogens is 4. The van der Waals surface area contributed by atoms with Crippen molar-refractivity contribution in [2.75, 3.05) is 13.1 Å². The number of nitrogens with zero attached hydrogens (tertiary/aromatic N) is 4. The maximum absolute atomic E-state index is 13.5. The normalized spacial score (nSPS) is 10.6. The second kappa shape index (κ2) is 9.24. The lowest BCUT2D eigenvalue weighted by atomic mass is 10.1. The van der Waals surface area contributed by atoms with Crippen molar-refractivity contribution < 1.29 is 14.0 Å². The molecule has 0 saturated heterocycles. The Kier molecular flexibility index (Phi) is 6.50. The van der Waals surface area contributed by atoms with Crippen LogP contribution in [0.25, 0.3) is 11.4 Å². The zero-order chi connectivity index (χ0) is 20.8. The van der Waals surface area contributed by atoms with Crippen LogP contribution in [-0.2, 0) is 11.3 Å². The monoisotopic (exact) mass is 416 g/mol. The average Bonchev–Trinajstić information content (AvgIpc) is 3.16. The highest BCUT2D eigenvalue weighted by Gasteiger charge is 2.10. The lowest BCUT2D eigenvalue weighted by Gasteiger charge is -2.07. The van der Waals surface area contributed by atoms with Crippen LogP contribution in [0.5, 0.6) is 0 Å². The molecular formula is C19H18ClFN6O2. The van der Waals surface area contributed by atoms with Gasteiger partial charge in [-0.2, -0.15) is 4.80 Å². The molecule has 1 heterocycles. The summed E-state index contributed by atoms with van der Waals surface area (Å²) in [6.07, 6.45) is 0. The first-order valence-corrected chi connectivity index (χ1v) is 9.15. The van der Waals surface area contributed by atoms with Crippen molar-refractivity contribution in [1.29, 1.82) is 0 Å². The summed E-state index contributed by atoms with van der Waals surface area (Å²) < 4.78 is 13.5. The number of rotatable bonds is 7. The molecule has 8 nitrogen and oxygen atoms in total. The molecule has 0 saturated carbocycles. The van der Waals surface area contributed by atoms with Crippen molar-refractivity contribution in [3.05, 3.63) is 64.4 Å².